The van der Waals surface area contributed by atoms with Gasteiger partial charge in [0.25, 0.3) is 11.6 Å². The largest absolute Gasteiger partial charge is 0.493 e. The number of anilines is 1. The second-order valence-corrected chi connectivity index (χ2v) is 5.35. The molecule has 0 saturated carbocycles. The molecule has 1 N–H and O–H groups in total. The first-order chi connectivity index (χ1) is 13.4. The number of methoxy groups -OCH3 is 3. The van der Waals surface area contributed by atoms with E-state index >= 15 is 0 Å². The van der Waals surface area contributed by atoms with Gasteiger partial charge in [0.05, 0.1) is 31.8 Å². The van der Waals surface area contributed by atoms with Crippen molar-refractivity contribution in [3.8, 4) is 17.2 Å². The van der Waals surface area contributed by atoms with Crippen LogP contribution >= 0.6 is 0 Å². The minimum atomic E-state index is -0.784. The van der Waals surface area contributed by atoms with Crippen LogP contribution < -0.4 is 19.5 Å². The average molecular weight is 390 g/mol. The summed E-state index contributed by atoms with van der Waals surface area (Å²) in [5.74, 6) is -0.607. The Labute approximate surface area is 160 Å². The van der Waals surface area contributed by atoms with Crippen molar-refractivity contribution < 1.29 is 33.5 Å². The minimum absolute atomic E-state index is 0.0950. The molecule has 0 bridgehead atoms. The van der Waals surface area contributed by atoms with Gasteiger partial charge in [-0.05, 0) is 18.2 Å². The van der Waals surface area contributed by atoms with Crippen molar-refractivity contribution in [2.75, 3.05) is 33.3 Å². The number of hydrogen-bond donors (Lipinski definition) is 1. The Kier molecular flexibility index (Phi) is 6.74. The summed E-state index contributed by atoms with van der Waals surface area (Å²) in [5, 5.41) is 13.2. The van der Waals surface area contributed by atoms with E-state index < -0.39 is 23.4 Å². The summed E-state index contributed by atoms with van der Waals surface area (Å²) in [7, 11) is 4.23. The summed E-state index contributed by atoms with van der Waals surface area (Å²) in [6, 6.07) is 8.17. The van der Waals surface area contributed by atoms with E-state index in [1.165, 1.54) is 57.7 Å². The van der Waals surface area contributed by atoms with Crippen LogP contribution in [0.4, 0.5) is 11.4 Å². The molecule has 148 valence electrons. The van der Waals surface area contributed by atoms with Gasteiger partial charge in [0.1, 0.15) is 0 Å². The molecule has 28 heavy (non-hydrogen) atoms. The van der Waals surface area contributed by atoms with E-state index in [9.17, 15) is 19.7 Å². The molecule has 10 nitrogen and oxygen atoms in total. The third kappa shape index (κ3) is 4.87. The first-order valence-corrected chi connectivity index (χ1v) is 7.91. The number of nitro groups is 1. The average Bonchev–Trinajstić information content (AvgIpc) is 2.70. The van der Waals surface area contributed by atoms with Crippen molar-refractivity contribution in [1.82, 2.24) is 0 Å². The Balaban J connectivity index is 2.04. The monoisotopic (exact) mass is 390 g/mol. The van der Waals surface area contributed by atoms with Crippen LogP contribution in [0.15, 0.2) is 36.4 Å². The molecule has 0 aliphatic carbocycles. The van der Waals surface area contributed by atoms with Gasteiger partial charge in [0.2, 0.25) is 5.75 Å². The van der Waals surface area contributed by atoms with Crippen LogP contribution in [0.25, 0.3) is 0 Å². The molecule has 2 aromatic rings. The number of carbonyl (C=O) groups excluding carboxylic acids is 2. The van der Waals surface area contributed by atoms with Gasteiger partial charge in [-0.3, -0.25) is 14.9 Å². The molecule has 0 radical (unpaired) electrons. The van der Waals surface area contributed by atoms with E-state index in [1.54, 1.807) is 0 Å². The van der Waals surface area contributed by atoms with Gasteiger partial charge in [0.15, 0.2) is 18.1 Å². The van der Waals surface area contributed by atoms with Crippen LogP contribution in [0.5, 0.6) is 17.2 Å². The maximum absolute atomic E-state index is 12.2. The molecular formula is C18H18N2O8. The highest BCUT2D eigenvalue weighted by Crippen LogP contribution is 2.38. The van der Waals surface area contributed by atoms with Crippen molar-refractivity contribution >= 4 is 23.3 Å². The molecule has 0 unspecified atom stereocenters. The van der Waals surface area contributed by atoms with Crippen LogP contribution in [0.2, 0.25) is 0 Å². The predicted molar refractivity (Wildman–Crippen MR) is 98.1 cm³/mol. The molecule has 0 aromatic heterocycles. The number of carbonyl (C=O) groups is 2. The van der Waals surface area contributed by atoms with Gasteiger partial charge in [0, 0.05) is 17.8 Å². The first kappa shape index (κ1) is 20.5. The third-order valence-electron chi connectivity index (χ3n) is 3.58. The molecule has 0 spiro atoms. The lowest BCUT2D eigenvalue weighted by atomic mass is 10.2. The lowest BCUT2D eigenvalue weighted by Crippen LogP contribution is -2.21. The number of amides is 1. The molecule has 2 aromatic carbocycles. The van der Waals surface area contributed by atoms with Crippen molar-refractivity contribution in [1.29, 1.82) is 0 Å². The molecule has 2 rings (SSSR count). The number of benzene rings is 2. The minimum Gasteiger partial charge on any atom is -0.493 e. The lowest BCUT2D eigenvalue weighted by molar-refractivity contribution is -0.384. The van der Waals surface area contributed by atoms with Crippen molar-refractivity contribution in [3.63, 3.8) is 0 Å². The number of hydrogen-bond acceptors (Lipinski definition) is 8. The van der Waals surface area contributed by atoms with Gasteiger partial charge in [-0.15, -0.1) is 0 Å². The first-order valence-electron chi connectivity index (χ1n) is 7.91. The summed E-state index contributed by atoms with van der Waals surface area (Å²) in [6.45, 7) is -0.585. The molecule has 10 heteroatoms. The van der Waals surface area contributed by atoms with Crippen molar-refractivity contribution in [2.45, 2.75) is 0 Å². The zero-order valence-corrected chi connectivity index (χ0v) is 15.4. The molecule has 0 aliphatic rings. The van der Waals surface area contributed by atoms with Crippen LogP contribution in [-0.2, 0) is 9.53 Å². The lowest BCUT2D eigenvalue weighted by Gasteiger charge is -2.13. The zero-order chi connectivity index (χ0) is 20.7. The Morgan fingerprint density at radius 1 is 1.04 bits per heavy atom. The summed E-state index contributed by atoms with van der Waals surface area (Å²) in [6.07, 6.45) is 0. The molecule has 0 heterocycles. The molecule has 0 fully saturated rings. The van der Waals surface area contributed by atoms with Crippen LogP contribution in [0.3, 0.4) is 0 Å². The highest BCUT2D eigenvalue weighted by Gasteiger charge is 2.19. The fourth-order valence-electron chi connectivity index (χ4n) is 2.31. The summed E-state index contributed by atoms with van der Waals surface area (Å²) >= 11 is 0. The van der Waals surface area contributed by atoms with Crippen LogP contribution in [0.1, 0.15) is 10.4 Å². The Morgan fingerprint density at radius 3 is 2.21 bits per heavy atom. The van der Waals surface area contributed by atoms with Gasteiger partial charge < -0.3 is 24.3 Å². The quantitative estimate of drug-likeness (QED) is 0.414. The number of rotatable bonds is 8. The van der Waals surface area contributed by atoms with Crippen molar-refractivity contribution in [2.24, 2.45) is 0 Å². The molecule has 0 atom stereocenters. The second-order valence-electron chi connectivity index (χ2n) is 5.35. The van der Waals surface area contributed by atoms with Crippen LogP contribution in [0, 0.1) is 10.1 Å². The topological polar surface area (TPSA) is 126 Å². The SMILES string of the molecule is COc1cc(C(=O)OCC(=O)Nc2cccc([N+](=O)[O-])c2)cc(OC)c1OC. The second kappa shape index (κ2) is 9.21. The Hall–Kier alpha value is -3.82. The number of nitro benzene ring substituents is 1. The van der Waals surface area contributed by atoms with E-state index in [0.29, 0.717) is 5.75 Å². The predicted octanol–water partition coefficient (Wildman–Crippen LogP) is 2.42. The summed E-state index contributed by atoms with van der Waals surface area (Å²) in [4.78, 5) is 34.4. The van der Waals surface area contributed by atoms with E-state index in [4.69, 9.17) is 18.9 Å². The smallest absolute Gasteiger partial charge is 0.338 e. The third-order valence-corrected chi connectivity index (χ3v) is 3.58. The Morgan fingerprint density at radius 2 is 1.68 bits per heavy atom. The molecule has 0 aliphatic heterocycles. The van der Waals surface area contributed by atoms with Crippen LogP contribution in [-0.4, -0.2) is 44.7 Å². The van der Waals surface area contributed by atoms with E-state index in [0.717, 1.165) is 0 Å². The standard InChI is InChI=1S/C18H18N2O8/c1-25-14-7-11(8-15(26-2)17(14)27-3)18(22)28-10-16(21)19-12-5-4-6-13(9-12)20(23)24/h4-9H,10H2,1-3H3,(H,19,21). The molecule has 0 saturated heterocycles. The highest BCUT2D eigenvalue weighted by molar-refractivity contribution is 5.96. The van der Waals surface area contributed by atoms with Gasteiger partial charge in [-0.2, -0.15) is 0 Å². The van der Waals surface area contributed by atoms with E-state index in [-0.39, 0.29) is 28.4 Å². The number of non-ortho nitro benzene ring substituents is 1. The fraction of sp³-hybridized carbons (Fsp3) is 0.222. The maximum atomic E-state index is 12.2. The van der Waals surface area contributed by atoms with Gasteiger partial charge in [-0.25, -0.2) is 4.79 Å². The summed E-state index contributed by atoms with van der Waals surface area (Å²) < 4.78 is 20.5. The maximum Gasteiger partial charge on any atom is 0.338 e. The number of nitrogens with one attached hydrogen (secondary N) is 1. The number of ether oxygens (including phenoxy) is 4. The Bertz CT molecular complexity index is 872. The fourth-order valence-corrected chi connectivity index (χ4v) is 2.31. The number of esters is 1. The zero-order valence-electron chi connectivity index (χ0n) is 15.4. The van der Waals surface area contributed by atoms with Gasteiger partial charge >= 0.3 is 5.97 Å². The summed E-state index contributed by atoms with van der Waals surface area (Å²) in [5.41, 5.74) is 0.132. The molecule has 1 amide bonds. The van der Waals surface area contributed by atoms with E-state index in [1.807, 2.05) is 0 Å². The van der Waals surface area contributed by atoms with Gasteiger partial charge in [-0.1, -0.05) is 6.07 Å². The van der Waals surface area contributed by atoms with Crippen molar-refractivity contribution in [3.05, 3.63) is 52.1 Å². The number of nitrogens with zero attached hydrogens (tertiary/aromatic N) is 1. The highest BCUT2D eigenvalue weighted by atomic mass is 16.6. The molecular weight excluding hydrogens is 372 g/mol. The normalized spacial score (nSPS) is 9.96. The van der Waals surface area contributed by atoms with E-state index in [2.05, 4.69) is 5.32 Å².